The summed E-state index contributed by atoms with van der Waals surface area (Å²) in [6, 6.07) is 8.13. The molecule has 126 valence electrons. The number of ether oxygens (including phenoxy) is 1. The molecule has 1 aliphatic rings. The molecule has 1 N–H and O–H groups in total. The van der Waals surface area contributed by atoms with Crippen LogP contribution in [0, 0.1) is 0 Å². The van der Waals surface area contributed by atoms with Gasteiger partial charge in [0.05, 0.1) is 17.8 Å². The first kappa shape index (κ1) is 16.2. The first-order valence-corrected chi connectivity index (χ1v) is 8.24. The van der Waals surface area contributed by atoms with Gasteiger partial charge < -0.3 is 10.1 Å². The van der Waals surface area contributed by atoms with Crippen LogP contribution < -0.4 is 5.32 Å². The Kier molecular flexibility index (Phi) is 4.93. The number of rotatable bonds is 5. The Morgan fingerprint density at radius 1 is 1.38 bits per heavy atom. The van der Waals surface area contributed by atoms with Gasteiger partial charge in [0.15, 0.2) is 6.61 Å². The van der Waals surface area contributed by atoms with Gasteiger partial charge in [0, 0.05) is 12.7 Å². The topological polar surface area (TPSA) is 73.2 Å². The second-order valence-electron chi connectivity index (χ2n) is 5.87. The van der Waals surface area contributed by atoms with Crippen molar-refractivity contribution in [1.29, 1.82) is 0 Å². The van der Waals surface area contributed by atoms with Crippen molar-refractivity contribution in [3.8, 4) is 0 Å². The largest absolute Gasteiger partial charge is 0.452 e. The Bertz CT molecular complexity index is 739. The van der Waals surface area contributed by atoms with Crippen LogP contribution in [0.5, 0.6) is 0 Å². The van der Waals surface area contributed by atoms with Crippen LogP contribution in [-0.2, 0) is 22.5 Å². The standard InChI is InChI=1S/C18H21N3O3/c1-2-21-11-14(10-19-21)18(23)24-12-17(22)20-16-9-5-7-13-6-3-4-8-15(13)16/h3-4,6,8,10-11,16H,2,5,7,9,12H2,1H3,(H,20,22). The molecule has 6 nitrogen and oxygen atoms in total. The molecule has 1 aliphatic carbocycles. The molecule has 0 saturated carbocycles. The van der Waals surface area contributed by atoms with Gasteiger partial charge in [0.1, 0.15) is 0 Å². The number of aromatic nitrogens is 2. The van der Waals surface area contributed by atoms with Crippen LogP contribution in [0.25, 0.3) is 0 Å². The summed E-state index contributed by atoms with van der Waals surface area (Å²) in [5.41, 5.74) is 2.79. The van der Waals surface area contributed by atoms with Crippen LogP contribution in [0.3, 0.4) is 0 Å². The third-order valence-corrected chi connectivity index (χ3v) is 4.23. The summed E-state index contributed by atoms with van der Waals surface area (Å²) in [6.07, 6.45) is 6.04. The van der Waals surface area contributed by atoms with Crippen LogP contribution in [-0.4, -0.2) is 28.3 Å². The summed E-state index contributed by atoms with van der Waals surface area (Å²) in [4.78, 5) is 24.0. The Hall–Kier alpha value is -2.63. The van der Waals surface area contributed by atoms with E-state index in [2.05, 4.69) is 16.5 Å². The molecule has 1 aromatic heterocycles. The van der Waals surface area contributed by atoms with Crippen molar-refractivity contribution in [2.75, 3.05) is 6.61 Å². The van der Waals surface area contributed by atoms with E-state index < -0.39 is 5.97 Å². The second kappa shape index (κ2) is 7.29. The highest BCUT2D eigenvalue weighted by molar-refractivity contribution is 5.90. The highest BCUT2D eigenvalue weighted by atomic mass is 16.5. The molecule has 6 heteroatoms. The molecule has 0 fully saturated rings. The summed E-state index contributed by atoms with van der Waals surface area (Å²) < 4.78 is 6.71. The Labute approximate surface area is 140 Å². The quantitative estimate of drug-likeness (QED) is 0.855. The molecular formula is C18H21N3O3. The molecule has 1 atom stereocenters. The molecule has 24 heavy (non-hydrogen) atoms. The number of hydrogen-bond acceptors (Lipinski definition) is 4. The Morgan fingerprint density at radius 2 is 2.21 bits per heavy atom. The number of carbonyl (C=O) groups is 2. The van der Waals surface area contributed by atoms with Gasteiger partial charge in [-0.1, -0.05) is 24.3 Å². The van der Waals surface area contributed by atoms with Gasteiger partial charge in [-0.25, -0.2) is 4.79 Å². The number of nitrogens with one attached hydrogen (secondary N) is 1. The average molecular weight is 327 g/mol. The van der Waals surface area contributed by atoms with Gasteiger partial charge in [0.2, 0.25) is 0 Å². The fraction of sp³-hybridized carbons (Fsp3) is 0.389. The molecule has 0 bridgehead atoms. The van der Waals surface area contributed by atoms with Gasteiger partial charge in [-0.15, -0.1) is 0 Å². The average Bonchev–Trinajstić information content (AvgIpc) is 3.09. The summed E-state index contributed by atoms with van der Waals surface area (Å²) in [7, 11) is 0. The van der Waals surface area contributed by atoms with E-state index >= 15 is 0 Å². The minimum atomic E-state index is -0.533. The van der Waals surface area contributed by atoms with Gasteiger partial charge in [0.25, 0.3) is 5.91 Å². The molecular weight excluding hydrogens is 306 g/mol. The number of esters is 1. The molecule has 0 radical (unpaired) electrons. The van der Waals surface area contributed by atoms with Crippen molar-refractivity contribution in [3.63, 3.8) is 0 Å². The first-order valence-electron chi connectivity index (χ1n) is 8.24. The van der Waals surface area contributed by atoms with Crippen LogP contribution in [0.1, 0.15) is 47.3 Å². The summed E-state index contributed by atoms with van der Waals surface area (Å²) in [5.74, 6) is -0.818. The SMILES string of the molecule is CCn1cc(C(=O)OCC(=O)NC2CCCc3ccccc32)cn1. The lowest BCUT2D eigenvalue weighted by atomic mass is 9.88. The minimum absolute atomic E-state index is 0.0102. The molecule has 0 aliphatic heterocycles. The molecule has 1 amide bonds. The van der Waals surface area contributed by atoms with Crippen LogP contribution in [0.4, 0.5) is 0 Å². The monoisotopic (exact) mass is 327 g/mol. The summed E-state index contributed by atoms with van der Waals surface area (Å²) >= 11 is 0. The maximum atomic E-state index is 12.1. The van der Waals surface area contributed by atoms with E-state index in [1.165, 1.54) is 11.8 Å². The van der Waals surface area contributed by atoms with Crippen LogP contribution in [0.2, 0.25) is 0 Å². The third-order valence-electron chi connectivity index (χ3n) is 4.23. The van der Waals surface area contributed by atoms with Crippen molar-refractivity contribution in [1.82, 2.24) is 15.1 Å². The van der Waals surface area contributed by atoms with Crippen LogP contribution in [0.15, 0.2) is 36.7 Å². The van der Waals surface area contributed by atoms with E-state index in [-0.39, 0.29) is 18.6 Å². The van der Waals surface area contributed by atoms with Gasteiger partial charge >= 0.3 is 5.97 Å². The van der Waals surface area contributed by atoms with Gasteiger partial charge in [-0.05, 0) is 37.3 Å². The lowest BCUT2D eigenvalue weighted by molar-refractivity contribution is -0.125. The van der Waals surface area contributed by atoms with Crippen molar-refractivity contribution >= 4 is 11.9 Å². The molecule has 3 rings (SSSR count). The molecule has 0 spiro atoms. The minimum Gasteiger partial charge on any atom is -0.452 e. The Morgan fingerprint density at radius 3 is 3.00 bits per heavy atom. The van der Waals surface area contributed by atoms with E-state index in [1.807, 2.05) is 25.1 Å². The fourth-order valence-corrected chi connectivity index (χ4v) is 3.00. The number of aryl methyl sites for hydroxylation is 2. The molecule has 2 aromatic rings. The maximum Gasteiger partial charge on any atom is 0.341 e. The van der Waals surface area contributed by atoms with E-state index in [0.717, 1.165) is 24.8 Å². The third kappa shape index (κ3) is 3.64. The zero-order chi connectivity index (χ0) is 16.9. The zero-order valence-electron chi connectivity index (χ0n) is 13.7. The lowest BCUT2D eigenvalue weighted by Crippen LogP contribution is -2.34. The first-order chi connectivity index (χ1) is 11.7. The molecule has 1 heterocycles. The van der Waals surface area contributed by atoms with Crippen molar-refractivity contribution in [2.45, 2.75) is 38.8 Å². The number of fused-ring (bicyclic) bond motifs is 1. The molecule has 1 aromatic carbocycles. The second-order valence-corrected chi connectivity index (χ2v) is 5.87. The Balaban J connectivity index is 1.54. The molecule has 1 unspecified atom stereocenters. The predicted molar refractivity (Wildman–Crippen MR) is 88.4 cm³/mol. The summed E-state index contributed by atoms with van der Waals surface area (Å²) in [6.45, 7) is 2.32. The van der Waals surface area contributed by atoms with E-state index in [1.54, 1.807) is 10.9 Å². The van der Waals surface area contributed by atoms with Crippen molar-refractivity contribution in [3.05, 3.63) is 53.3 Å². The van der Waals surface area contributed by atoms with Gasteiger partial charge in [-0.3, -0.25) is 9.48 Å². The van der Waals surface area contributed by atoms with Crippen LogP contribution >= 0.6 is 0 Å². The number of benzene rings is 1. The zero-order valence-corrected chi connectivity index (χ0v) is 13.7. The fourth-order valence-electron chi connectivity index (χ4n) is 3.00. The van der Waals surface area contributed by atoms with E-state index in [4.69, 9.17) is 4.74 Å². The number of hydrogen-bond donors (Lipinski definition) is 1. The number of carbonyl (C=O) groups excluding carboxylic acids is 2. The van der Waals surface area contributed by atoms with E-state index in [9.17, 15) is 9.59 Å². The maximum absolute atomic E-state index is 12.1. The number of amides is 1. The smallest absolute Gasteiger partial charge is 0.341 e. The molecule has 0 saturated heterocycles. The van der Waals surface area contributed by atoms with Gasteiger partial charge in [-0.2, -0.15) is 5.10 Å². The highest BCUT2D eigenvalue weighted by Gasteiger charge is 2.22. The van der Waals surface area contributed by atoms with Crippen molar-refractivity contribution in [2.24, 2.45) is 0 Å². The van der Waals surface area contributed by atoms with Crippen molar-refractivity contribution < 1.29 is 14.3 Å². The normalized spacial score (nSPS) is 16.3. The lowest BCUT2D eigenvalue weighted by Gasteiger charge is -2.26. The predicted octanol–water partition coefficient (Wildman–Crippen LogP) is 2.25. The summed E-state index contributed by atoms with van der Waals surface area (Å²) in [5, 5.41) is 6.98. The number of nitrogens with zero attached hydrogens (tertiary/aromatic N) is 2. The van der Waals surface area contributed by atoms with E-state index in [0.29, 0.717) is 12.1 Å². The highest BCUT2D eigenvalue weighted by Crippen LogP contribution is 2.29.